The predicted molar refractivity (Wildman–Crippen MR) is 150 cm³/mol. The zero-order valence-electron chi connectivity index (χ0n) is 20.7. The van der Waals surface area contributed by atoms with E-state index in [1.165, 1.54) is 11.8 Å². The van der Waals surface area contributed by atoms with Crippen molar-refractivity contribution in [3.05, 3.63) is 69.1 Å². The third kappa shape index (κ3) is 7.07. The molecule has 3 aromatic rings. The first-order valence-electron chi connectivity index (χ1n) is 11.7. The minimum absolute atomic E-state index is 0.0944. The molecule has 0 spiro atoms. The van der Waals surface area contributed by atoms with E-state index < -0.39 is 0 Å². The molecule has 0 fully saturated rings. The van der Waals surface area contributed by atoms with E-state index in [2.05, 4.69) is 63.3 Å². The molecule has 1 atom stereocenters. The SMILES string of the molecule is CCn1c(SCC(=O)Nc2ccc(I)cc2C(C)C)nnc1[C@@H](NC(=O)c1ccccc1)C(C)C. The molecule has 2 N–H and O–H groups in total. The summed E-state index contributed by atoms with van der Waals surface area (Å²) in [6, 6.07) is 14.9. The summed E-state index contributed by atoms with van der Waals surface area (Å²) < 4.78 is 3.11. The minimum atomic E-state index is -0.307. The van der Waals surface area contributed by atoms with Crippen LogP contribution in [0.25, 0.3) is 0 Å². The van der Waals surface area contributed by atoms with Crippen molar-refractivity contribution < 1.29 is 9.59 Å². The molecule has 186 valence electrons. The maximum Gasteiger partial charge on any atom is 0.251 e. The Morgan fingerprint density at radius 3 is 2.40 bits per heavy atom. The largest absolute Gasteiger partial charge is 0.342 e. The van der Waals surface area contributed by atoms with Crippen molar-refractivity contribution >= 4 is 51.9 Å². The van der Waals surface area contributed by atoms with E-state index in [-0.39, 0.29) is 29.5 Å². The molecule has 1 aromatic heterocycles. The second-order valence-corrected chi connectivity index (χ2v) is 11.1. The van der Waals surface area contributed by atoms with Gasteiger partial charge in [0, 0.05) is 21.4 Å². The van der Waals surface area contributed by atoms with Crippen LogP contribution in [0.3, 0.4) is 0 Å². The summed E-state index contributed by atoms with van der Waals surface area (Å²) in [6.45, 7) is 10.9. The third-order valence-electron chi connectivity index (χ3n) is 5.57. The van der Waals surface area contributed by atoms with Crippen LogP contribution in [0.4, 0.5) is 5.69 Å². The molecule has 35 heavy (non-hydrogen) atoms. The van der Waals surface area contributed by atoms with Crippen LogP contribution in [0.5, 0.6) is 0 Å². The zero-order chi connectivity index (χ0) is 25.5. The van der Waals surface area contributed by atoms with Crippen LogP contribution in [-0.4, -0.2) is 32.3 Å². The molecule has 0 bridgehead atoms. The van der Waals surface area contributed by atoms with Gasteiger partial charge in [-0.25, -0.2) is 0 Å². The van der Waals surface area contributed by atoms with Gasteiger partial charge in [0.15, 0.2) is 11.0 Å². The molecule has 0 radical (unpaired) electrons. The molecule has 0 aliphatic rings. The van der Waals surface area contributed by atoms with E-state index in [1.54, 1.807) is 12.1 Å². The maximum absolute atomic E-state index is 12.8. The average molecular weight is 606 g/mol. The number of thioether (sulfide) groups is 1. The fourth-order valence-electron chi connectivity index (χ4n) is 3.72. The topological polar surface area (TPSA) is 88.9 Å². The number of nitrogens with zero attached hydrogens (tertiary/aromatic N) is 3. The van der Waals surface area contributed by atoms with Gasteiger partial charge in [0.05, 0.1) is 11.8 Å². The molecule has 0 unspecified atom stereocenters. The van der Waals surface area contributed by atoms with Crippen LogP contribution in [0.1, 0.15) is 68.3 Å². The molecule has 0 aliphatic heterocycles. The first-order chi connectivity index (χ1) is 16.7. The van der Waals surface area contributed by atoms with Crippen LogP contribution in [-0.2, 0) is 11.3 Å². The van der Waals surface area contributed by atoms with E-state index in [4.69, 9.17) is 0 Å². The Morgan fingerprint density at radius 2 is 1.77 bits per heavy atom. The van der Waals surface area contributed by atoms with Crippen molar-refractivity contribution in [2.45, 2.75) is 58.3 Å². The van der Waals surface area contributed by atoms with E-state index >= 15 is 0 Å². The van der Waals surface area contributed by atoms with Crippen LogP contribution < -0.4 is 10.6 Å². The van der Waals surface area contributed by atoms with Crippen LogP contribution in [0.15, 0.2) is 53.7 Å². The van der Waals surface area contributed by atoms with Gasteiger partial charge in [-0.15, -0.1) is 10.2 Å². The second-order valence-electron chi connectivity index (χ2n) is 8.87. The van der Waals surface area contributed by atoms with Crippen LogP contribution >= 0.6 is 34.4 Å². The summed E-state index contributed by atoms with van der Waals surface area (Å²) in [5.74, 6) is 1.07. The fraction of sp³-hybridized carbons (Fsp3) is 0.385. The van der Waals surface area contributed by atoms with Crippen molar-refractivity contribution in [2.75, 3.05) is 11.1 Å². The van der Waals surface area contributed by atoms with E-state index in [0.717, 1.165) is 14.8 Å². The summed E-state index contributed by atoms with van der Waals surface area (Å²) in [5.41, 5.74) is 2.55. The lowest BCUT2D eigenvalue weighted by Crippen LogP contribution is -2.33. The molecule has 0 saturated heterocycles. The van der Waals surface area contributed by atoms with Crippen molar-refractivity contribution in [1.82, 2.24) is 20.1 Å². The molecule has 1 heterocycles. The van der Waals surface area contributed by atoms with E-state index in [0.29, 0.717) is 29.0 Å². The molecular weight excluding hydrogens is 573 g/mol. The van der Waals surface area contributed by atoms with Gasteiger partial charge in [0.2, 0.25) is 5.91 Å². The third-order valence-corrected chi connectivity index (χ3v) is 7.21. The molecule has 3 rings (SSSR count). The van der Waals surface area contributed by atoms with Gasteiger partial charge >= 0.3 is 0 Å². The van der Waals surface area contributed by atoms with Crippen molar-refractivity contribution in [2.24, 2.45) is 5.92 Å². The number of rotatable bonds is 10. The lowest BCUT2D eigenvalue weighted by atomic mass is 10.0. The van der Waals surface area contributed by atoms with Gasteiger partial charge in [-0.3, -0.25) is 9.59 Å². The minimum Gasteiger partial charge on any atom is -0.342 e. The molecule has 2 amide bonds. The number of amides is 2. The number of halogens is 1. The summed E-state index contributed by atoms with van der Waals surface area (Å²) in [6.07, 6.45) is 0. The van der Waals surface area contributed by atoms with Crippen molar-refractivity contribution in [3.8, 4) is 0 Å². The van der Waals surface area contributed by atoms with Gasteiger partial charge in [-0.05, 0) is 77.2 Å². The fourth-order valence-corrected chi connectivity index (χ4v) is 5.04. The van der Waals surface area contributed by atoms with Gasteiger partial charge in [0.1, 0.15) is 0 Å². The molecule has 0 aliphatic carbocycles. The molecule has 2 aromatic carbocycles. The van der Waals surface area contributed by atoms with Gasteiger partial charge in [-0.2, -0.15) is 0 Å². The lowest BCUT2D eigenvalue weighted by molar-refractivity contribution is -0.113. The Morgan fingerprint density at radius 1 is 1.06 bits per heavy atom. The molecule has 7 nitrogen and oxygen atoms in total. The number of anilines is 1. The second kappa shape index (κ2) is 12.5. The highest BCUT2D eigenvalue weighted by Crippen LogP contribution is 2.28. The first-order valence-corrected chi connectivity index (χ1v) is 13.8. The monoisotopic (exact) mass is 605 g/mol. The number of carbonyl (C=O) groups excluding carboxylic acids is 2. The summed E-state index contributed by atoms with van der Waals surface area (Å²) >= 11 is 3.63. The Balaban J connectivity index is 1.72. The normalized spacial score (nSPS) is 12.1. The van der Waals surface area contributed by atoms with Gasteiger partial charge in [0.25, 0.3) is 5.91 Å². The standard InChI is InChI=1S/C26H32IN5O2S/c1-6-32-24(23(17(4)5)29-25(34)18-10-8-7-9-11-18)30-31-26(32)35-15-22(33)28-21-13-12-19(27)14-20(21)16(2)3/h7-14,16-17,23H,6,15H2,1-5H3,(H,28,33)(H,29,34)/t23-/m0/s1. The predicted octanol–water partition coefficient (Wildman–Crippen LogP) is 5.88. The Bertz CT molecular complexity index is 1160. The Kier molecular flexibility index (Phi) is 9.73. The highest BCUT2D eigenvalue weighted by Gasteiger charge is 2.26. The summed E-state index contributed by atoms with van der Waals surface area (Å²) in [4.78, 5) is 25.5. The number of carbonyl (C=O) groups is 2. The summed E-state index contributed by atoms with van der Waals surface area (Å²) in [5, 5.41) is 15.6. The number of benzene rings is 2. The first kappa shape index (κ1) is 27.2. The number of hydrogen-bond acceptors (Lipinski definition) is 5. The maximum atomic E-state index is 12.8. The Hall–Kier alpha value is -2.40. The van der Waals surface area contributed by atoms with E-state index in [1.807, 2.05) is 55.7 Å². The zero-order valence-corrected chi connectivity index (χ0v) is 23.7. The van der Waals surface area contributed by atoms with Crippen molar-refractivity contribution in [3.63, 3.8) is 0 Å². The average Bonchev–Trinajstić information content (AvgIpc) is 3.24. The quantitative estimate of drug-likeness (QED) is 0.223. The highest BCUT2D eigenvalue weighted by atomic mass is 127. The summed E-state index contributed by atoms with van der Waals surface area (Å²) in [7, 11) is 0. The molecule has 9 heteroatoms. The van der Waals surface area contributed by atoms with E-state index in [9.17, 15) is 9.59 Å². The van der Waals surface area contributed by atoms with Crippen LogP contribution in [0.2, 0.25) is 0 Å². The number of aromatic nitrogens is 3. The number of hydrogen-bond donors (Lipinski definition) is 2. The highest BCUT2D eigenvalue weighted by molar-refractivity contribution is 14.1. The van der Waals surface area contributed by atoms with Crippen molar-refractivity contribution in [1.29, 1.82) is 0 Å². The van der Waals surface area contributed by atoms with Crippen LogP contribution in [0, 0.1) is 9.49 Å². The molecule has 0 saturated carbocycles. The lowest BCUT2D eigenvalue weighted by Gasteiger charge is -2.22. The smallest absolute Gasteiger partial charge is 0.251 e. The van der Waals surface area contributed by atoms with Gasteiger partial charge < -0.3 is 15.2 Å². The Labute approximate surface area is 225 Å². The van der Waals surface area contributed by atoms with Gasteiger partial charge in [-0.1, -0.05) is 57.7 Å². The molecular formula is C26H32IN5O2S. The number of nitrogens with one attached hydrogen (secondary N) is 2.